The van der Waals surface area contributed by atoms with Crippen molar-refractivity contribution in [3.05, 3.63) is 115 Å². The van der Waals surface area contributed by atoms with Crippen LogP contribution in [-0.2, 0) is 40.1 Å². The fraction of sp³-hybridized carbons (Fsp3) is 0.613. The number of hydrogen-bond donors (Lipinski definition) is 0. The van der Waals surface area contributed by atoms with E-state index in [1.807, 2.05) is 139 Å². The van der Waals surface area contributed by atoms with Crippen LogP contribution in [0, 0.1) is 118 Å². The van der Waals surface area contributed by atoms with Crippen LogP contribution in [-0.4, -0.2) is 103 Å². The first-order chi connectivity index (χ1) is 36.5. The number of unbranched alkanes of at least 4 members (excludes halogenated alkanes) is 2. The van der Waals surface area contributed by atoms with Gasteiger partial charge in [0.25, 0.3) is 0 Å². The number of rotatable bonds is 25. The molecule has 0 radical (unpaired) electrons. The summed E-state index contributed by atoms with van der Waals surface area (Å²) in [5.74, 6) is 1.74. The molecule has 430 valence electrons. The van der Waals surface area contributed by atoms with Gasteiger partial charge in [-0.3, -0.25) is 0 Å². The molecule has 2 unspecified atom stereocenters. The number of hydrogen-bond acceptors (Lipinski definition) is 8. The third kappa shape index (κ3) is 12.8. The zero-order valence-corrected chi connectivity index (χ0v) is 52.4. The Balaban J connectivity index is 1.02. The summed E-state index contributed by atoms with van der Waals surface area (Å²) in [6, 6.07) is 15.3. The summed E-state index contributed by atoms with van der Waals surface area (Å²) in [7, 11) is -15.8. The van der Waals surface area contributed by atoms with Gasteiger partial charge < -0.3 is 0 Å². The molecule has 0 spiro atoms. The third-order valence-corrected chi connectivity index (χ3v) is 26.7. The molecule has 78 heavy (non-hydrogen) atoms. The Bertz CT molecular complexity index is 3250. The zero-order chi connectivity index (χ0) is 57.0. The minimum absolute atomic E-state index is 0.0417. The van der Waals surface area contributed by atoms with Gasteiger partial charge >= 0.3 is 0 Å². The predicted octanol–water partition coefficient (Wildman–Crippen LogP) is 11.9. The van der Waals surface area contributed by atoms with Gasteiger partial charge in [-0.1, -0.05) is 77.7 Å². The topological polar surface area (TPSA) is 150 Å². The number of aryl methyl sites for hydroxylation is 12. The molecule has 0 heterocycles. The van der Waals surface area contributed by atoms with Crippen molar-refractivity contribution < 1.29 is 33.7 Å². The van der Waals surface area contributed by atoms with Gasteiger partial charge in [0.15, 0.2) is 0 Å². The van der Waals surface area contributed by atoms with Gasteiger partial charge in [0, 0.05) is 52.4 Å². The van der Waals surface area contributed by atoms with E-state index in [4.69, 9.17) is 0 Å². The Labute approximate surface area is 471 Å². The molecule has 0 N–H and O–H groups in total. The molecule has 4 aromatic rings. The summed E-state index contributed by atoms with van der Waals surface area (Å²) in [5.41, 5.74) is 9.45. The first-order valence-corrected chi connectivity index (χ1v) is 34.6. The van der Waals surface area contributed by atoms with Crippen molar-refractivity contribution in [2.45, 2.75) is 180 Å². The van der Waals surface area contributed by atoms with Gasteiger partial charge in [0.2, 0.25) is 40.1 Å². The van der Waals surface area contributed by atoms with Crippen LogP contribution in [0.3, 0.4) is 0 Å². The van der Waals surface area contributed by atoms with Crippen molar-refractivity contribution in [2.75, 3.05) is 52.4 Å². The van der Waals surface area contributed by atoms with Crippen molar-refractivity contribution in [2.24, 2.45) is 35.0 Å². The number of nitrogens with zero attached hydrogens (tertiary/aromatic N) is 4. The van der Waals surface area contributed by atoms with E-state index in [-0.39, 0.29) is 72.9 Å². The summed E-state index contributed by atoms with van der Waals surface area (Å²) in [6.45, 7) is 26.5. The normalized spacial score (nSPS) is 22.4. The Kier molecular flexibility index (Phi) is 18.2. The second-order valence-electron chi connectivity index (χ2n) is 25.1. The van der Waals surface area contributed by atoms with Crippen molar-refractivity contribution in [3.63, 3.8) is 0 Å². The molecule has 16 heteroatoms. The first kappa shape index (κ1) is 60.6. The monoisotopic (exact) mass is 1150 g/mol. The Morgan fingerprint density at radius 1 is 0.372 bits per heavy atom. The lowest BCUT2D eigenvalue weighted by Gasteiger charge is -2.57. The van der Waals surface area contributed by atoms with E-state index in [0.29, 0.717) is 99.6 Å². The highest BCUT2D eigenvalue weighted by Gasteiger charge is 2.52. The molecular weight excluding hydrogens is 1060 g/mol. The minimum atomic E-state index is -4.05. The van der Waals surface area contributed by atoms with Crippen LogP contribution in [0.4, 0.5) is 0 Å². The largest absolute Gasteiger partial charge is 0.243 e. The molecule has 0 amide bonds. The molecule has 5 aliphatic carbocycles. The Hall–Kier alpha value is -3.48. The van der Waals surface area contributed by atoms with Crippen LogP contribution in [0.25, 0.3) is 0 Å². The van der Waals surface area contributed by atoms with Crippen LogP contribution >= 0.6 is 0 Å². The lowest BCUT2D eigenvalue weighted by atomic mass is 9.49. The number of benzene rings is 4. The molecule has 2 atom stereocenters. The van der Waals surface area contributed by atoms with E-state index in [0.717, 1.165) is 52.6 Å². The molecule has 9 rings (SSSR count). The second kappa shape index (κ2) is 23.4. The van der Waals surface area contributed by atoms with E-state index in [1.165, 1.54) is 23.6 Å². The van der Waals surface area contributed by atoms with E-state index >= 15 is 16.8 Å². The summed E-state index contributed by atoms with van der Waals surface area (Å²) in [4.78, 5) is 1.26. The Morgan fingerprint density at radius 2 is 0.615 bits per heavy atom. The van der Waals surface area contributed by atoms with Crippen molar-refractivity contribution in [1.29, 1.82) is 0 Å². The number of sulfonamides is 4. The zero-order valence-electron chi connectivity index (χ0n) is 49.1. The van der Waals surface area contributed by atoms with Crippen molar-refractivity contribution in [1.82, 2.24) is 17.2 Å². The third-order valence-electron chi connectivity index (χ3n) is 17.9. The summed E-state index contributed by atoms with van der Waals surface area (Å²) in [6.07, 6.45) is 9.40. The molecule has 0 saturated heterocycles. The highest BCUT2D eigenvalue weighted by molar-refractivity contribution is 7.90. The van der Waals surface area contributed by atoms with Gasteiger partial charge in [-0.2, -0.15) is 17.2 Å². The van der Waals surface area contributed by atoms with Gasteiger partial charge in [-0.15, -0.1) is 0 Å². The predicted molar refractivity (Wildman–Crippen MR) is 314 cm³/mol. The van der Waals surface area contributed by atoms with Crippen LogP contribution in [0.2, 0.25) is 0 Å². The maximum atomic E-state index is 15.1. The fourth-order valence-corrected chi connectivity index (χ4v) is 23.3. The van der Waals surface area contributed by atoms with Gasteiger partial charge in [0.05, 0.1) is 19.6 Å². The summed E-state index contributed by atoms with van der Waals surface area (Å²) < 4.78 is 125. The van der Waals surface area contributed by atoms with E-state index in [1.54, 1.807) is 12.9 Å². The molecule has 0 aromatic heterocycles. The molecule has 5 saturated carbocycles. The maximum Gasteiger partial charge on any atom is 0.243 e. The lowest BCUT2D eigenvalue weighted by Crippen LogP contribution is -2.52. The van der Waals surface area contributed by atoms with Gasteiger partial charge in [-0.25, -0.2) is 33.7 Å². The Morgan fingerprint density at radius 3 is 0.897 bits per heavy atom. The molecule has 4 bridgehead atoms. The molecule has 12 nitrogen and oxygen atoms in total. The molecule has 5 fully saturated rings. The summed E-state index contributed by atoms with van der Waals surface area (Å²) in [5, 5.41) is 0. The lowest BCUT2D eigenvalue weighted by molar-refractivity contribution is -0.0602. The van der Waals surface area contributed by atoms with Crippen LogP contribution in [0.15, 0.2) is 68.1 Å². The molecule has 4 aromatic carbocycles. The summed E-state index contributed by atoms with van der Waals surface area (Å²) >= 11 is 0. The fourth-order valence-electron chi connectivity index (χ4n) is 15.5. The maximum absolute atomic E-state index is 15.1. The highest BCUT2D eigenvalue weighted by Crippen LogP contribution is 2.60. The van der Waals surface area contributed by atoms with Gasteiger partial charge in [0.1, 0.15) is 0 Å². The van der Waals surface area contributed by atoms with Crippen LogP contribution in [0.1, 0.15) is 144 Å². The van der Waals surface area contributed by atoms with E-state index < -0.39 is 40.1 Å². The first-order valence-electron chi connectivity index (χ1n) is 28.8. The average Bonchev–Trinajstić information content (AvgIpc) is 4.13. The average molecular weight is 1150 g/mol. The van der Waals surface area contributed by atoms with Crippen LogP contribution < -0.4 is 0 Å². The second-order valence-corrected chi connectivity index (χ2v) is 32.6. The standard InChI is InChI=1S/C62H90N4O8S4/c1-14-63(75(67,68)58-45(6)23-41(2)24-46(58)7)19-15-16-20-64(76(69,70)59-47(8)25-42(3)26-48(59)9)38-56-34-57(56)39-65(77(71,72)60-49(10)27-43(4)28-50(60)11)21-17-18-22-66(78(73,74)61-51(12)29-44(5)30-52(61)13)40-62-35-53-31-54(36-62)33-55(32-53)37-62/h23-30,53-57H,14-22,31-40H2,1-13H3. The molecular formula is C62H90N4O8S4. The molecule has 5 aliphatic rings. The van der Waals surface area contributed by atoms with Crippen molar-refractivity contribution in [3.8, 4) is 0 Å². The van der Waals surface area contributed by atoms with E-state index in [2.05, 4.69) is 0 Å². The SMILES string of the molecule is CCN(CCCCN(CC1CC1CN(CCCCN(CC12CC3CC(CC(C3)C1)C2)S(=O)(=O)c1c(C)cc(C)cc1C)S(=O)(=O)c1c(C)cc(C)cc1C)S(=O)(=O)c1c(C)cc(C)cc1C)S(=O)(=O)c1c(C)cc(C)cc1C. The van der Waals surface area contributed by atoms with E-state index in [9.17, 15) is 16.8 Å². The highest BCUT2D eigenvalue weighted by atomic mass is 32.2. The van der Waals surface area contributed by atoms with Crippen LogP contribution in [0.5, 0.6) is 0 Å². The van der Waals surface area contributed by atoms with Crippen molar-refractivity contribution >= 4 is 40.1 Å². The molecule has 0 aliphatic heterocycles. The minimum Gasteiger partial charge on any atom is -0.207 e. The van der Waals surface area contributed by atoms with Gasteiger partial charge in [-0.05, 0) is 233 Å². The smallest absolute Gasteiger partial charge is 0.207 e. The quantitative estimate of drug-likeness (QED) is 0.0595.